The Hall–Kier alpha value is -4.95. The fourth-order valence-corrected chi connectivity index (χ4v) is 2.47. The molecule has 0 aliphatic rings. The van der Waals surface area contributed by atoms with Crippen LogP contribution < -0.4 is 0 Å². The van der Waals surface area contributed by atoms with E-state index < -0.39 is 11.9 Å². The molecule has 5 heteroatoms. The Balaban J connectivity index is 0.000000611. The Bertz CT molecular complexity index is 1180. The highest BCUT2D eigenvalue weighted by Crippen LogP contribution is 2.14. The Morgan fingerprint density at radius 1 is 0.865 bits per heavy atom. The van der Waals surface area contributed by atoms with Crippen LogP contribution in [0.5, 0.6) is 0 Å². The lowest BCUT2D eigenvalue weighted by molar-refractivity contribution is -0.133. The normalized spacial score (nSPS) is 11.2. The van der Waals surface area contributed by atoms with E-state index in [2.05, 4.69) is 31.4 Å². The summed E-state index contributed by atoms with van der Waals surface area (Å²) in [5, 5.41) is 25.6. The first-order valence-corrected chi connectivity index (χ1v) is 11.4. The molecule has 0 aromatic heterocycles. The molecule has 0 saturated heterocycles. The number of hydrogen-bond acceptors (Lipinski definition) is 3. The minimum Gasteiger partial charge on any atom is -0.478 e. The largest absolute Gasteiger partial charge is 0.478 e. The molecule has 0 spiro atoms. The van der Waals surface area contributed by atoms with Gasteiger partial charge in [0, 0.05) is 11.6 Å². The fourth-order valence-electron chi connectivity index (χ4n) is 2.47. The van der Waals surface area contributed by atoms with Crippen LogP contribution in [0.4, 0.5) is 0 Å². The lowest BCUT2D eigenvalue weighted by Crippen LogP contribution is -2.01. The highest BCUT2D eigenvalue weighted by atomic mass is 16.4. The van der Waals surface area contributed by atoms with Crippen LogP contribution in [0, 0.1) is 11.3 Å². The van der Waals surface area contributed by atoms with E-state index in [9.17, 15) is 14.7 Å². The van der Waals surface area contributed by atoms with Crippen molar-refractivity contribution >= 4 is 24.1 Å². The van der Waals surface area contributed by atoms with E-state index in [1.54, 1.807) is 24.3 Å². The van der Waals surface area contributed by atoms with Gasteiger partial charge in [-0.3, -0.25) is 0 Å². The molecule has 2 N–H and O–H groups in total. The molecule has 2 aromatic rings. The zero-order valence-electron chi connectivity index (χ0n) is 21.2. The minimum atomic E-state index is -0.994. The third-order valence-electron chi connectivity index (χ3n) is 4.37. The number of aliphatic carboxylic acids is 2. The molecule has 190 valence electrons. The maximum absolute atomic E-state index is 11.3. The van der Waals surface area contributed by atoms with Crippen molar-refractivity contribution in [2.24, 2.45) is 0 Å². The third-order valence-corrected chi connectivity index (χ3v) is 4.37. The highest BCUT2D eigenvalue weighted by molar-refractivity contribution is 5.92. The number of carboxylic acids is 2. The summed E-state index contributed by atoms with van der Waals surface area (Å²) in [6, 6.07) is 21.5. The van der Waals surface area contributed by atoms with Gasteiger partial charge in [0.05, 0.1) is 11.6 Å². The van der Waals surface area contributed by atoms with Crippen LogP contribution in [-0.2, 0) is 9.59 Å². The Kier molecular flexibility index (Phi) is 17.7. The van der Waals surface area contributed by atoms with E-state index in [1.165, 1.54) is 18.6 Å². The van der Waals surface area contributed by atoms with Crippen LogP contribution in [0.25, 0.3) is 12.2 Å². The summed E-state index contributed by atoms with van der Waals surface area (Å²) < 4.78 is 0. The van der Waals surface area contributed by atoms with Gasteiger partial charge >= 0.3 is 11.9 Å². The molecular formula is C32H33NO4. The average Bonchev–Trinajstić information content (AvgIpc) is 2.90. The van der Waals surface area contributed by atoms with E-state index in [1.807, 2.05) is 79.8 Å². The van der Waals surface area contributed by atoms with Crippen molar-refractivity contribution < 1.29 is 19.8 Å². The first-order valence-electron chi connectivity index (χ1n) is 11.4. The minimum absolute atomic E-state index is 0.176. The van der Waals surface area contributed by atoms with Crippen LogP contribution >= 0.6 is 0 Å². The molecule has 0 fully saturated rings. The second-order valence-electron chi connectivity index (χ2n) is 7.28. The van der Waals surface area contributed by atoms with Gasteiger partial charge in [0.15, 0.2) is 0 Å². The number of nitrogens with zero attached hydrogens (tertiary/aromatic N) is 1. The van der Waals surface area contributed by atoms with Crippen LogP contribution in [-0.4, -0.2) is 22.2 Å². The second kappa shape index (κ2) is 20.4. The van der Waals surface area contributed by atoms with Gasteiger partial charge in [0.25, 0.3) is 0 Å². The molecule has 0 amide bonds. The molecule has 0 heterocycles. The van der Waals surface area contributed by atoms with Gasteiger partial charge < -0.3 is 10.2 Å². The SMILES string of the molecule is C=C(C)C(=O)O.C=CC=CC=Cc1ccccc1.CCC(C=CC#N)=C(C=Cc1ccccc1)C(=O)O. The number of nitriles is 1. The number of carbonyl (C=O) groups is 2. The van der Waals surface area contributed by atoms with Gasteiger partial charge in [-0.25, -0.2) is 9.59 Å². The Labute approximate surface area is 219 Å². The van der Waals surface area contributed by atoms with Gasteiger partial charge in [-0.1, -0.05) is 117 Å². The van der Waals surface area contributed by atoms with Crippen molar-refractivity contribution in [1.82, 2.24) is 0 Å². The molecule has 2 aromatic carbocycles. The van der Waals surface area contributed by atoms with Gasteiger partial charge in [-0.2, -0.15) is 5.26 Å². The van der Waals surface area contributed by atoms with Crippen molar-refractivity contribution in [1.29, 1.82) is 5.26 Å². The van der Waals surface area contributed by atoms with Crippen molar-refractivity contribution in [2.45, 2.75) is 20.3 Å². The molecule has 0 unspecified atom stereocenters. The fraction of sp³-hybridized carbons (Fsp3) is 0.0938. The molecular weight excluding hydrogens is 462 g/mol. The second-order valence-corrected chi connectivity index (χ2v) is 7.28. The lowest BCUT2D eigenvalue weighted by Gasteiger charge is -2.02. The highest BCUT2D eigenvalue weighted by Gasteiger charge is 2.08. The van der Waals surface area contributed by atoms with Crippen molar-refractivity contribution in [3.8, 4) is 6.07 Å². The molecule has 0 saturated carbocycles. The number of rotatable bonds is 9. The van der Waals surface area contributed by atoms with E-state index in [0.717, 1.165) is 5.56 Å². The lowest BCUT2D eigenvalue weighted by atomic mass is 10.0. The number of hydrogen-bond donors (Lipinski definition) is 2. The predicted octanol–water partition coefficient (Wildman–Crippen LogP) is 7.66. The maximum Gasteiger partial charge on any atom is 0.335 e. The number of carboxylic acid groups (broad SMARTS) is 2. The van der Waals surface area contributed by atoms with Crippen molar-refractivity contribution in [2.75, 3.05) is 0 Å². The predicted molar refractivity (Wildman–Crippen MR) is 152 cm³/mol. The third kappa shape index (κ3) is 16.3. The summed E-state index contributed by atoms with van der Waals surface area (Å²) >= 11 is 0. The van der Waals surface area contributed by atoms with Gasteiger partial charge in [0.1, 0.15) is 0 Å². The van der Waals surface area contributed by atoms with Crippen molar-refractivity contribution in [3.05, 3.63) is 144 Å². The van der Waals surface area contributed by atoms with Crippen LogP contribution in [0.2, 0.25) is 0 Å². The summed E-state index contributed by atoms with van der Waals surface area (Å²) in [4.78, 5) is 20.9. The Morgan fingerprint density at radius 2 is 1.38 bits per heavy atom. The van der Waals surface area contributed by atoms with Crippen LogP contribution in [0.3, 0.4) is 0 Å². The van der Waals surface area contributed by atoms with E-state index in [0.29, 0.717) is 12.0 Å². The summed E-state index contributed by atoms with van der Waals surface area (Å²) in [6.07, 6.45) is 16.4. The molecule has 2 rings (SSSR count). The summed E-state index contributed by atoms with van der Waals surface area (Å²) in [6.45, 7) is 10.0. The maximum atomic E-state index is 11.3. The van der Waals surface area contributed by atoms with Gasteiger partial charge in [-0.05, 0) is 42.2 Å². The molecule has 0 bridgehead atoms. The van der Waals surface area contributed by atoms with Crippen LogP contribution in [0.1, 0.15) is 31.4 Å². The topological polar surface area (TPSA) is 98.4 Å². The van der Waals surface area contributed by atoms with E-state index in [4.69, 9.17) is 10.4 Å². The molecule has 0 atom stereocenters. The first kappa shape index (κ1) is 32.1. The van der Waals surface area contributed by atoms with E-state index >= 15 is 0 Å². The van der Waals surface area contributed by atoms with Crippen molar-refractivity contribution in [3.63, 3.8) is 0 Å². The summed E-state index contributed by atoms with van der Waals surface area (Å²) in [5.74, 6) is -1.93. The van der Waals surface area contributed by atoms with Gasteiger partial charge in [-0.15, -0.1) is 0 Å². The monoisotopic (exact) mass is 495 g/mol. The van der Waals surface area contributed by atoms with Gasteiger partial charge in [0.2, 0.25) is 0 Å². The van der Waals surface area contributed by atoms with Crippen LogP contribution in [0.15, 0.2) is 133 Å². The number of allylic oxidation sites excluding steroid dienone is 7. The zero-order chi connectivity index (χ0) is 27.9. The summed E-state index contributed by atoms with van der Waals surface area (Å²) in [7, 11) is 0. The average molecular weight is 496 g/mol. The quantitative estimate of drug-likeness (QED) is 0.211. The molecule has 0 radical (unpaired) electrons. The van der Waals surface area contributed by atoms with E-state index in [-0.39, 0.29) is 11.1 Å². The first-order chi connectivity index (χ1) is 17.8. The molecule has 37 heavy (non-hydrogen) atoms. The Morgan fingerprint density at radius 3 is 1.78 bits per heavy atom. The standard InChI is InChI=1S/C16H15NO2.C12H12.C4H6O2/c1-2-14(9-6-12-17)15(16(18)19)11-10-13-7-4-3-5-8-13;1-2-3-4-6-9-12-10-7-5-8-11-12;1-3(2)4(5)6/h3-11H,2H2,1H3,(H,18,19);2-11H,1H2;1H2,2H3,(H,5,6). The molecule has 0 aliphatic heterocycles. The zero-order valence-corrected chi connectivity index (χ0v) is 21.2. The number of benzene rings is 2. The summed E-state index contributed by atoms with van der Waals surface area (Å²) in [5.41, 5.74) is 3.15. The smallest absolute Gasteiger partial charge is 0.335 e. The molecule has 5 nitrogen and oxygen atoms in total. The molecule has 0 aliphatic carbocycles.